The molecule has 0 amide bonds. The molecule has 0 radical (unpaired) electrons. The first-order chi connectivity index (χ1) is 8.22. The fourth-order valence-electron chi connectivity index (χ4n) is 1.85. The highest BCUT2D eigenvalue weighted by atomic mass is 16.6. The smallest absolute Gasteiger partial charge is 0.270 e. The van der Waals surface area contributed by atoms with E-state index in [1.54, 1.807) is 12.3 Å². The number of allylic oxidation sites excluding steroid dienone is 1. The molecule has 0 saturated carbocycles. The second kappa shape index (κ2) is 4.66. The van der Waals surface area contributed by atoms with Crippen LogP contribution in [-0.2, 0) is 4.74 Å². The number of benzene rings is 1. The van der Waals surface area contributed by atoms with E-state index < -0.39 is 4.92 Å². The molecule has 2 rings (SSSR count). The molecule has 0 spiro atoms. The summed E-state index contributed by atoms with van der Waals surface area (Å²) in [4.78, 5) is 10.1. The fraction of sp³-hybridized carbons (Fsp3) is 0.250. The van der Waals surface area contributed by atoms with Crippen LogP contribution in [0.15, 0.2) is 30.5 Å². The molecule has 86 valence electrons. The SMILES string of the molecule is N#Cc1cc([N+](=O)[O-])ccc1C1C=COCC1. The van der Waals surface area contributed by atoms with Crippen molar-refractivity contribution in [2.45, 2.75) is 12.3 Å². The predicted octanol–water partition coefficient (Wildman–Crippen LogP) is 2.48. The first-order valence-electron chi connectivity index (χ1n) is 5.19. The molecule has 1 aliphatic heterocycles. The number of nitrogens with zero attached hydrogens (tertiary/aromatic N) is 2. The lowest BCUT2D eigenvalue weighted by molar-refractivity contribution is -0.384. The van der Waals surface area contributed by atoms with Crippen molar-refractivity contribution in [3.63, 3.8) is 0 Å². The minimum atomic E-state index is -0.496. The third-order valence-electron chi connectivity index (χ3n) is 2.72. The number of hydrogen-bond acceptors (Lipinski definition) is 4. The Kier molecular flexibility index (Phi) is 3.06. The van der Waals surface area contributed by atoms with Gasteiger partial charge in [0, 0.05) is 18.1 Å². The van der Waals surface area contributed by atoms with Crippen molar-refractivity contribution >= 4 is 5.69 Å². The van der Waals surface area contributed by atoms with Gasteiger partial charge in [0.25, 0.3) is 5.69 Å². The van der Waals surface area contributed by atoms with Gasteiger partial charge in [0.2, 0.25) is 0 Å². The number of nitro groups is 1. The van der Waals surface area contributed by atoms with Gasteiger partial charge in [-0.05, 0) is 18.1 Å². The maximum absolute atomic E-state index is 10.6. The third-order valence-corrected chi connectivity index (χ3v) is 2.72. The van der Waals surface area contributed by atoms with Gasteiger partial charge in [0.05, 0.1) is 29.4 Å². The summed E-state index contributed by atoms with van der Waals surface area (Å²) in [6, 6.07) is 6.41. The average Bonchev–Trinajstić information content (AvgIpc) is 2.39. The molecule has 0 aromatic heterocycles. The summed E-state index contributed by atoms with van der Waals surface area (Å²) in [5.74, 6) is 0.0965. The highest BCUT2D eigenvalue weighted by Crippen LogP contribution is 2.29. The van der Waals surface area contributed by atoms with Gasteiger partial charge in [-0.3, -0.25) is 10.1 Å². The molecule has 0 bridgehead atoms. The van der Waals surface area contributed by atoms with E-state index >= 15 is 0 Å². The summed E-state index contributed by atoms with van der Waals surface area (Å²) in [5.41, 5.74) is 1.12. The topological polar surface area (TPSA) is 76.2 Å². The van der Waals surface area contributed by atoms with Crippen LogP contribution in [0.25, 0.3) is 0 Å². The highest BCUT2D eigenvalue weighted by molar-refractivity contribution is 5.48. The molecule has 1 aliphatic rings. The molecular weight excluding hydrogens is 220 g/mol. The highest BCUT2D eigenvalue weighted by Gasteiger charge is 2.18. The zero-order chi connectivity index (χ0) is 12.3. The summed E-state index contributed by atoms with van der Waals surface area (Å²) in [6.45, 7) is 0.600. The van der Waals surface area contributed by atoms with Gasteiger partial charge >= 0.3 is 0 Å². The van der Waals surface area contributed by atoms with Gasteiger partial charge in [-0.1, -0.05) is 6.07 Å². The third kappa shape index (κ3) is 2.26. The molecule has 0 saturated heterocycles. The van der Waals surface area contributed by atoms with Crippen molar-refractivity contribution in [1.29, 1.82) is 5.26 Å². The molecule has 1 unspecified atom stereocenters. The van der Waals surface area contributed by atoms with E-state index in [0.717, 1.165) is 12.0 Å². The standard InChI is InChI=1S/C12H10N2O3/c13-8-10-7-11(14(15)16)1-2-12(10)9-3-5-17-6-4-9/h1-3,5,7,9H,4,6H2. The molecule has 1 aromatic carbocycles. The van der Waals surface area contributed by atoms with Gasteiger partial charge in [0.1, 0.15) is 0 Å². The number of hydrogen-bond donors (Lipinski definition) is 0. The van der Waals surface area contributed by atoms with E-state index in [1.807, 2.05) is 12.1 Å². The van der Waals surface area contributed by atoms with Crippen LogP contribution in [0, 0.1) is 21.4 Å². The Morgan fingerprint density at radius 3 is 2.94 bits per heavy atom. The lowest BCUT2D eigenvalue weighted by atomic mass is 9.91. The quantitative estimate of drug-likeness (QED) is 0.577. The molecule has 1 atom stereocenters. The Balaban J connectivity index is 2.41. The molecular formula is C12H10N2O3. The number of ether oxygens (including phenoxy) is 1. The second-order valence-corrected chi connectivity index (χ2v) is 3.73. The van der Waals surface area contributed by atoms with Crippen LogP contribution in [-0.4, -0.2) is 11.5 Å². The van der Waals surface area contributed by atoms with E-state index in [1.165, 1.54) is 12.1 Å². The number of non-ortho nitro benzene ring substituents is 1. The largest absolute Gasteiger partial charge is 0.501 e. The first-order valence-corrected chi connectivity index (χ1v) is 5.19. The molecule has 17 heavy (non-hydrogen) atoms. The van der Waals surface area contributed by atoms with Crippen molar-refractivity contribution in [2.75, 3.05) is 6.61 Å². The molecule has 0 fully saturated rings. The van der Waals surface area contributed by atoms with Gasteiger partial charge in [-0.2, -0.15) is 5.26 Å². The van der Waals surface area contributed by atoms with Crippen LogP contribution in [0.3, 0.4) is 0 Å². The molecule has 0 N–H and O–H groups in total. The summed E-state index contributed by atoms with van der Waals surface area (Å²) in [5, 5.41) is 19.6. The van der Waals surface area contributed by atoms with Gasteiger partial charge < -0.3 is 4.74 Å². The van der Waals surface area contributed by atoms with Gasteiger partial charge in [0.15, 0.2) is 0 Å². The normalized spacial score (nSPS) is 18.2. The van der Waals surface area contributed by atoms with Crippen molar-refractivity contribution in [3.05, 3.63) is 51.8 Å². The van der Waals surface area contributed by atoms with Crippen molar-refractivity contribution < 1.29 is 9.66 Å². The Labute approximate surface area is 98.1 Å². The Hall–Kier alpha value is -2.35. The minimum Gasteiger partial charge on any atom is -0.501 e. The van der Waals surface area contributed by atoms with Crippen LogP contribution in [0.2, 0.25) is 0 Å². The summed E-state index contributed by atoms with van der Waals surface area (Å²) < 4.78 is 5.08. The van der Waals surface area contributed by atoms with Crippen LogP contribution >= 0.6 is 0 Å². The van der Waals surface area contributed by atoms with Crippen LogP contribution in [0.4, 0.5) is 5.69 Å². The predicted molar refractivity (Wildman–Crippen MR) is 60.3 cm³/mol. The Morgan fingerprint density at radius 2 is 2.35 bits per heavy atom. The monoisotopic (exact) mass is 230 g/mol. The van der Waals surface area contributed by atoms with Gasteiger partial charge in [-0.25, -0.2) is 0 Å². The van der Waals surface area contributed by atoms with Gasteiger partial charge in [-0.15, -0.1) is 0 Å². The number of nitriles is 1. The molecule has 1 aromatic rings. The zero-order valence-electron chi connectivity index (χ0n) is 9.00. The number of nitro benzene ring substituents is 1. The van der Waals surface area contributed by atoms with Crippen LogP contribution in [0.5, 0.6) is 0 Å². The van der Waals surface area contributed by atoms with E-state index in [2.05, 4.69) is 0 Å². The van der Waals surface area contributed by atoms with Crippen molar-refractivity contribution in [3.8, 4) is 6.07 Å². The summed E-state index contributed by atoms with van der Waals surface area (Å²) in [7, 11) is 0. The summed E-state index contributed by atoms with van der Waals surface area (Å²) >= 11 is 0. The zero-order valence-corrected chi connectivity index (χ0v) is 9.00. The molecule has 5 heteroatoms. The van der Waals surface area contributed by atoms with Crippen LogP contribution < -0.4 is 0 Å². The summed E-state index contributed by atoms with van der Waals surface area (Å²) in [6.07, 6.45) is 4.26. The second-order valence-electron chi connectivity index (χ2n) is 3.73. The average molecular weight is 230 g/mol. The van der Waals surface area contributed by atoms with Crippen molar-refractivity contribution in [2.24, 2.45) is 0 Å². The molecule has 0 aliphatic carbocycles. The van der Waals surface area contributed by atoms with E-state index in [0.29, 0.717) is 12.2 Å². The minimum absolute atomic E-state index is 0.0543. The maximum atomic E-state index is 10.6. The molecule has 5 nitrogen and oxygen atoms in total. The van der Waals surface area contributed by atoms with E-state index in [-0.39, 0.29) is 11.6 Å². The lowest BCUT2D eigenvalue weighted by Crippen LogP contribution is -2.06. The number of rotatable bonds is 2. The van der Waals surface area contributed by atoms with E-state index in [9.17, 15) is 10.1 Å². The molecule has 1 heterocycles. The Morgan fingerprint density at radius 1 is 1.53 bits per heavy atom. The lowest BCUT2D eigenvalue weighted by Gasteiger charge is -2.18. The van der Waals surface area contributed by atoms with Crippen molar-refractivity contribution in [1.82, 2.24) is 0 Å². The first kappa shape index (κ1) is 11.1. The maximum Gasteiger partial charge on any atom is 0.270 e. The Bertz CT molecular complexity index is 517. The fourth-order valence-corrected chi connectivity index (χ4v) is 1.85. The van der Waals surface area contributed by atoms with E-state index in [4.69, 9.17) is 10.00 Å². The van der Waals surface area contributed by atoms with Crippen LogP contribution in [0.1, 0.15) is 23.5 Å².